The van der Waals surface area contributed by atoms with Crippen LogP contribution in [-0.4, -0.2) is 15.8 Å². The number of carbonyl (C=O) groups is 1. The number of hydrogen-bond donors (Lipinski definition) is 0. The number of non-ortho nitro benzene ring substituents is 2. The SMILES string of the molecule is CC(C)=CC1C(C(=O)OCc2cc([N+](=O)[O-])cc([N+](=O)[O-])c2)C1(C)C. The van der Waals surface area contributed by atoms with Gasteiger partial charge in [-0.05, 0) is 25.2 Å². The Balaban J connectivity index is 2.11. The van der Waals surface area contributed by atoms with Gasteiger partial charge in [0.05, 0.1) is 21.8 Å². The van der Waals surface area contributed by atoms with Gasteiger partial charge in [0, 0.05) is 17.7 Å². The molecule has 8 heteroatoms. The van der Waals surface area contributed by atoms with E-state index < -0.39 is 27.2 Å². The average molecular weight is 348 g/mol. The van der Waals surface area contributed by atoms with Crippen LogP contribution >= 0.6 is 0 Å². The minimum absolute atomic E-state index is 0.0874. The molecule has 2 unspecified atom stereocenters. The summed E-state index contributed by atoms with van der Waals surface area (Å²) in [6.07, 6.45) is 2.03. The largest absolute Gasteiger partial charge is 0.461 e. The van der Waals surface area contributed by atoms with Gasteiger partial charge >= 0.3 is 5.97 Å². The predicted octanol–water partition coefficient (Wildman–Crippen LogP) is 3.78. The van der Waals surface area contributed by atoms with E-state index in [4.69, 9.17) is 4.74 Å². The molecule has 25 heavy (non-hydrogen) atoms. The van der Waals surface area contributed by atoms with Crippen molar-refractivity contribution in [1.82, 2.24) is 0 Å². The van der Waals surface area contributed by atoms with Crippen LogP contribution in [0, 0.1) is 37.5 Å². The van der Waals surface area contributed by atoms with Crippen LogP contribution < -0.4 is 0 Å². The lowest BCUT2D eigenvalue weighted by Crippen LogP contribution is -2.11. The topological polar surface area (TPSA) is 113 Å². The monoisotopic (exact) mass is 348 g/mol. The number of nitro groups is 2. The summed E-state index contributed by atoms with van der Waals surface area (Å²) in [7, 11) is 0. The Morgan fingerprint density at radius 3 is 2.12 bits per heavy atom. The summed E-state index contributed by atoms with van der Waals surface area (Å²) in [5.74, 6) is -0.595. The molecule has 0 amide bonds. The highest BCUT2D eigenvalue weighted by Gasteiger charge is 2.61. The Hall–Kier alpha value is -2.77. The second-order valence-corrected chi connectivity index (χ2v) is 7.05. The fourth-order valence-electron chi connectivity index (χ4n) is 2.99. The van der Waals surface area contributed by atoms with Crippen molar-refractivity contribution in [1.29, 1.82) is 0 Å². The molecule has 134 valence electrons. The molecule has 1 aliphatic carbocycles. The van der Waals surface area contributed by atoms with Crippen molar-refractivity contribution in [2.45, 2.75) is 34.3 Å². The van der Waals surface area contributed by atoms with Crippen LogP contribution in [0.4, 0.5) is 11.4 Å². The number of ether oxygens (including phenoxy) is 1. The highest BCUT2D eigenvalue weighted by Crippen LogP contribution is 2.59. The summed E-state index contributed by atoms with van der Waals surface area (Å²) in [5.41, 5.74) is 0.307. The molecule has 2 rings (SSSR count). The van der Waals surface area contributed by atoms with Gasteiger partial charge in [-0.25, -0.2) is 0 Å². The standard InChI is InChI=1S/C17H20N2O6/c1-10(2)5-14-15(17(14,3)4)16(20)25-9-11-6-12(18(21)22)8-13(7-11)19(23)24/h5-8,14-15H,9H2,1-4H3. The molecule has 1 saturated carbocycles. The molecule has 8 nitrogen and oxygen atoms in total. The van der Waals surface area contributed by atoms with Crippen molar-refractivity contribution in [3.8, 4) is 0 Å². The summed E-state index contributed by atoms with van der Waals surface area (Å²) < 4.78 is 5.26. The number of allylic oxidation sites excluding steroid dienone is 2. The summed E-state index contributed by atoms with van der Waals surface area (Å²) >= 11 is 0. The number of benzene rings is 1. The number of nitro benzene ring substituents is 2. The molecular formula is C17H20N2O6. The Morgan fingerprint density at radius 1 is 1.16 bits per heavy atom. The number of hydrogen-bond acceptors (Lipinski definition) is 6. The van der Waals surface area contributed by atoms with E-state index >= 15 is 0 Å². The van der Waals surface area contributed by atoms with Crippen molar-refractivity contribution in [2.75, 3.05) is 0 Å². The van der Waals surface area contributed by atoms with Gasteiger partial charge in [-0.1, -0.05) is 25.5 Å². The molecule has 1 aromatic rings. The predicted molar refractivity (Wildman–Crippen MR) is 89.7 cm³/mol. The zero-order valence-corrected chi connectivity index (χ0v) is 14.5. The number of nitrogens with zero attached hydrogens (tertiary/aromatic N) is 2. The van der Waals surface area contributed by atoms with E-state index in [1.54, 1.807) is 0 Å². The van der Waals surface area contributed by atoms with Crippen LogP contribution in [-0.2, 0) is 16.1 Å². The Morgan fingerprint density at radius 2 is 1.68 bits per heavy atom. The van der Waals surface area contributed by atoms with Gasteiger partial charge in [0.2, 0.25) is 0 Å². The summed E-state index contributed by atoms with van der Waals surface area (Å²) in [6, 6.07) is 3.22. The van der Waals surface area contributed by atoms with Crippen LogP contribution in [0.2, 0.25) is 0 Å². The summed E-state index contributed by atoms with van der Waals surface area (Å²) in [6.45, 7) is 7.62. The van der Waals surface area contributed by atoms with Gasteiger partial charge in [-0.3, -0.25) is 25.0 Å². The lowest BCUT2D eigenvalue weighted by Gasteiger charge is -2.06. The second kappa shape index (κ2) is 6.62. The first-order valence-corrected chi connectivity index (χ1v) is 7.78. The first kappa shape index (κ1) is 18.6. The number of esters is 1. The van der Waals surface area contributed by atoms with Crippen LogP contribution in [0.15, 0.2) is 29.8 Å². The quantitative estimate of drug-likeness (QED) is 0.334. The fraction of sp³-hybridized carbons (Fsp3) is 0.471. The normalized spacial score (nSPS) is 20.5. The smallest absolute Gasteiger partial charge is 0.310 e. The maximum Gasteiger partial charge on any atom is 0.310 e. The van der Waals surface area contributed by atoms with Crippen LogP contribution in [0.25, 0.3) is 0 Å². The van der Waals surface area contributed by atoms with Crippen LogP contribution in [0.5, 0.6) is 0 Å². The van der Waals surface area contributed by atoms with E-state index in [9.17, 15) is 25.0 Å². The lowest BCUT2D eigenvalue weighted by atomic mass is 10.1. The number of carbonyl (C=O) groups excluding carboxylic acids is 1. The molecule has 0 aliphatic heterocycles. The highest BCUT2D eigenvalue weighted by atomic mass is 16.6. The third kappa shape index (κ3) is 4.01. The molecule has 1 aliphatic rings. The molecule has 0 aromatic heterocycles. The van der Waals surface area contributed by atoms with E-state index in [-0.39, 0.29) is 29.4 Å². The van der Waals surface area contributed by atoms with Crippen molar-refractivity contribution >= 4 is 17.3 Å². The summed E-state index contributed by atoms with van der Waals surface area (Å²) in [5, 5.41) is 21.8. The Kier molecular flexibility index (Phi) is 4.92. The van der Waals surface area contributed by atoms with Gasteiger partial charge in [-0.2, -0.15) is 0 Å². The molecule has 0 saturated heterocycles. The van der Waals surface area contributed by atoms with Crippen molar-refractivity contribution < 1.29 is 19.4 Å². The van der Waals surface area contributed by atoms with Gasteiger partial charge < -0.3 is 4.74 Å². The molecular weight excluding hydrogens is 328 g/mol. The molecule has 0 heterocycles. The molecule has 0 spiro atoms. The van der Waals surface area contributed by atoms with Gasteiger partial charge in [0.1, 0.15) is 6.61 Å². The van der Waals surface area contributed by atoms with E-state index in [2.05, 4.69) is 0 Å². The minimum Gasteiger partial charge on any atom is -0.461 e. The lowest BCUT2D eigenvalue weighted by molar-refractivity contribution is -0.394. The average Bonchev–Trinajstić information content (AvgIpc) is 3.04. The number of rotatable bonds is 6. The van der Waals surface area contributed by atoms with Crippen molar-refractivity contribution in [3.05, 3.63) is 55.6 Å². The Labute approximate surface area is 144 Å². The first-order valence-electron chi connectivity index (χ1n) is 7.78. The molecule has 1 aromatic carbocycles. The van der Waals surface area contributed by atoms with Crippen molar-refractivity contribution in [3.63, 3.8) is 0 Å². The third-order valence-corrected chi connectivity index (χ3v) is 4.44. The fourth-order valence-corrected chi connectivity index (χ4v) is 2.99. The van der Waals surface area contributed by atoms with E-state index in [1.807, 2.05) is 33.8 Å². The zero-order valence-electron chi connectivity index (χ0n) is 14.5. The molecule has 0 radical (unpaired) electrons. The van der Waals surface area contributed by atoms with Crippen molar-refractivity contribution in [2.24, 2.45) is 17.3 Å². The highest BCUT2D eigenvalue weighted by molar-refractivity contribution is 5.78. The molecule has 0 bridgehead atoms. The zero-order chi connectivity index (χ0) is 18.9. The van der Waals surface area contributed by atoms with E-state index in [0.29, 0.717) is 0 Å². The second-order valence-electron chi connectivity index (χ2n) is 7.05. The molecule has 0 N–H and O–H groups in total. The maximum atomic E-state index is 12.3. The first-order chi connectivity index (χ1) is 11.5. The van der Waals surface area contributed by atoms with Gasteiger partial charge in [-0.15, -0.1) is 0 Å². The van der Waals surface area contributed by atoms with Crippen LogP contribution in [0.1, 0.15) is 33.3 Å². The van der Waals surface area contributed by atoms with E-state index in [1.165, 1.54) is 12.1 Å². The third-order valence-electron chi connectivity index (χ3n) is 4.44. The maximum absolute atomic E-state index is 12.3. The van der Waals surface area contributed by atoms with Gasteiger partial charge in [0.15, 0.2) is 0 Å². The van der Waals surface area contributed by atoms with E-state index in [0.717, 1.165) is 11.6 Å². The summed E-state index contributed by atoms with van der Waals surface area (Å²) in [4.78, 5) is 32.6. The Bertz CT molecular complexity index is 732. The minimum atomic E-state index is -0.715. The van der Waals surface area contributed by atoms with Gasteiger partial charge in [0.25, 0.3) is 11.4 Å². The molecule has 1 fully saturated rings. The molecule has 2 atom stereocenters. The van der Waals surface area contributed by atoms with Crippen LogP contribution in [0.3, 0.4) is 0 Å².